The third-order valence-electron chi connectivity index (χ3n) is 5.56. The fourth-order valence-corrected chi connectivity index (χ4v) is 3.61. The number of carbonyl (C=O) groups excluding carboxylic acids is 2. The normalized spacial score (nSPS) is 14.0. The fourth-order valence-electron chi connectivity index (χ4n) is 3.61. The number of esters is 2. The molecule has 0 aromatic heterocycles. The van der Waals surface area contributed by atoms with Gasteiger partial charge in [-0.15, -0.1) is 0 Å². The van der Waals surface area contributed by atoms with E-state index in [2.05, 4.69) is 0 Å². The number of rotatable bonds is 10. The third kappa shape index (κ3) is 7.67. The van der Waals surface area contributed by atoms with Crippen LogP contribution in [0.2, 0.25) is 0 Å². The first kappa shape index (κ1) is 30.3. The highest BCUT2D eigenvalue weighted by atomic mass is 19.4. The van der Waals surface area contributed by atoms with Gasteiger partial charge in [-0.25, -0.2) is 9.59 Å². The molecular weight excluding hydrogens is 546 g/mol. The summed E-state index contributed by atoms with van der Waals surface area (Å²) in [5.74, 6) is -4.16. The zero-order valence-electron chi connectivity index (χ0n) is 21.2. The highest BCUT2D eigenvalue weighted by Crippen LogP contribution is 2.39. The molecule has 0 aliphatic rings. The first-order valence-corrected chi connectivity index (χ1v) is 11.8. The van der Waals surface area contributed by atoms with Crippen molar-refractivity contribution in [2.24, 2.45) is 0 Å². The average molecular weight is 570 g/mol. The minimum Gasteiger partial charge on any atom is -0.489 e. The highest BCUT2D eigenvalue weighted by molar-refractivity contribution is 5.82. The van der Waals surface area contributed by atoms with E-state index in [1.54, 1.807) is 0 Å². The van der Waals surface area contributed by atoms with E-state index in [1.165, 1.54) is 31.2 Å². The van der Waals surface area contributed by atoms with E-state index in [1.807, 2.05) is 30.3 Å². The zero-order chi connectivity index (χ0) is 29.6. The van der Waals surface area contributed by atoms with Gasteiger partial charge in [-0.1, -0.05) is 48.5 Å². The second kappa shape index (κ2) is 12.3. The summed E-state index contributed by atoms with van der Waals surface area (Å²) >= 11 is 0. The predicted molar refractivity (Wildman–Crippen MR) is 129 cm³/mol. The van der Waals surface area contributed by atoms with Crippen LogP contribution in [-0.4, -0.2) is 30.3 Å². The number of alkyl halides is 6. The number of halogens is 6. The van der Waals surface area contributed by atoms with E-state index in [0.717, 1.165) is 30.7 Å². The number of ether oxygens (including phenoxy) is 4. The van der Waals surface area contributed by atoms with Crippen LogP contribution in [-0.2, 0) is 31.8 Å². The van der Waals surface area contributed by atoms with E-state index >= 15 is 0 Å². The van der Waals surface area contributed by atoms with E-state index in [0.29, 0.717) is 11.8 Å². The molecule has 3 aromatic carbocycles. The molecule has 0 saturated carbocycles. The quantitative estimate of drug-likeness (QED) is 0.197. The topological polar surface area (TPSA) is 71.1 Å². The molecule has 0 N–H and O–H groups in total. The van der Waals surface area contributed by atoms with E-state index in [9.17, 15) is 35.9 Å². The molecule has 2 unspecified atom stereocenters. The van der Waals surface area contributed by atoms with Crippen molar-refractivity contribution in [3.8, 4) is 11.5 Å². The maximum absolute atomic E-state index is 13.3. The van der Waals surface area contributed by atoms with Crippen LogP contribution in [0, 0.1) is 0 Å². The summed E-state index contributed by atoms with van der Waals surface area (Å²) < 4.78 is 100. The predicted octanol–water partition coefficient (Wildman–Crippen LogP) is 6.83. The van der Waals surface area contributed by atoms with Crippen molar-refractivity contribution in [2.75, 3.05) is 6.61 Å². The van der Waals surface area contributed by atoms with Gasteiger partial charge in [0.2, 0.25) is 5.60 Å². The minimum absolute atomic E-state index is 0.146. The molecule has 0 aliphatic carbocycles. The molecule has 3 rings (SSSR count). The van der Waals surface area contributed by atoms with Gasteiger partial charge in [0.25, 0.3) is 0 Å². The molecule has 40 heavy (non-hydrogen) atoms. The smallest absolute Gasteiger partial charge is 0.489 e. The molecule has 3 aromatic rings. The second-order valence-electron chi connectivity index (χ2n) is 8.58. The van der Waals surface area contributed by atoms with Crippen LogP contribution in [0.15, 0.2) is 78.9 Å². The summed E-state index contributed by atoms with van der Waals surface area (Å²) in [6.45, 7) is 2.27. The molecule has 2 atom stereocenters. The molecule has 214 valence electrons. The van der Waals surface area contributed by atoms with Crippen molar-refractivity contribution >= 4 is 11.9 Å². The Morgan fingerprint density at radius 3 is 2.02 bits per heavy atom. The molecular formula is C28H24F6O6. The molecule has 12 heteroatoms. The number of hydrogen-bond donors (Lipinski definition) is 0. The number of benzene rings is 3. The van der Waals surface area contributed by atoms with E-state index in [-0.39, 0.29) is 18.8 Å². The van der Waals surface area contributed by atoms with Gasteiger partial charge in [0.05, 0.1) is 12.2 Å². The van der Waals surface area contributed by atoms with Gasteiger partial charge in [0.15, 0.2) is 6.10 Å². The molecule has 0 amide bonds. The Morgan fingerprint density at radius 1 is 0.800 bits per heavy atom. The summed E-state index contributed by atoms with van der Waals surface area (Å²) in [4.78, 5) is 25.0. The summed E-state index contributed by atoms with van der Waals surface area (Å²) in [6.07, 6.45) is -12.3. The van der Waals surface area contributed by atoms with Gasteiger partial charge in [0, 0.05) is 0 Å². The van der Waals surface area contributed by atoms with Crippen LogP contribution >= 0.6 is 0 Å². The zero-order valence-corrected chi connectivity index (χ0v) is 21.2. The van der Waals surface area contributed by atoms with Crippen LogP contribution in [0.4, 0.5) is 26.3 Å². The maximum atomic E-state index is 13.3. The lowest BCUT2D eigenvalue weighted by molar-refractivity contribution is -0.216. The average Bonchev–Trinajstić information content (AvgIpc) is 2.90. The van der Waals surface area contributed by atoms with Crippen molar-refractivity contribution in [3.63, 3.8) is 0 Å². The number of carbonyl (C=O) groups is 2. The Labute approximate surface area is 225 Å². The van der Waals surface area contributed by atoms with Crippen LogP contribution in [0.25, 0.3) is 0 Å². The lowest BCUT2D eigenvalue weighted by atomic mass is 9.91. The maximum Gasteiger partial charge on any atom is 0.490 e. The third-order valence-corrected chi connectivity index (χ3v) is 5.56. The molecule has 0 heterocycles. The second-order valence-corrected chi connectivity index (χ2v) is 8.58. The van der Waals surface area contributed by atoms with Crippen LogP contribution < -0.4 is 9.47 Å². The van der Waals surface area contributed by atoms with Crippen molar-refractivity contribution in [1.29, 1.82) is 0 Å². The van der Waals surface area contributed by atoms with Gasteiger partial charge in [-0.2, -0.15) is 26.3 Å². The summed E-state index contributed by atoms with van der Waals surface area (Å²) in [7, 11) is 0. The molecule has 0 fully saturated rings. The number of hydrogen-bond acceptors (Lipinski definition) is 6. The molecule has 0 spiro atoms. The molecule has 0 bridgehead atoms. The summed E-state index contributed by atoms with van der Waals surface area (Å²) in [5.41, 5.74) is -2.99. The van der Waals surface area contributed by atoms with E-state index in [4.69, 9.17) is 18.9 Å². The first-order valence-electron chi connectivity index (χ1n) is 11.8. The Balaban J connectivity index is 2.02. The molecule has 0 saturated heterocycles. The minimum atomic E-state index is -5.46. The van der Waals surface area contributed by atoms with Crippen molar-refractivity contribution in [2.45, 2.75) is 44.5 Å². The van der Waals surface area contributed by atoms with E-state index < -0.39 is 47.3 Å². The van der Waals surface area contributed by atoms with Gasteiger partial charge in [-0.3, -0.25) is 0 Å². The van der Waals surface area contributed by atoms with Crippen LogP contribution in [0.3, 0.4) is 0 Å². The van der Waals surface area contributed by atoms with Gasteiger partial charge in [0.1, 0.15) is 18.1 Å². The molecule has 0 radical (unpaired) electrons. The Morgan fingerprint density at radius 2 is 1.45 bits per heavy atom. The van der Waals surface area contributed by atoms with Crippen molar-refractivity contribution < 1.29 is 54.9 Å². The standard InChI is InChI=1S/C28H24F6O6/c1-3-37-24(35)26(2,40-22-11-7-10-20(16-22)27(29,30)31)23(39-25(36)28(32,33)34)19-12-14-21(15-13-19)38-17-18-8-5-4-6-9-18/h4-16,23H,3,17H2,1-2H3. The summed E-state index contributed by atoms with van der Waals surface area (Å²) in [5, 5.41) is 0. The van der Waals surface area contributed by atoms with Crippen LogP contribution in [0.1, 0.15) is 36.6 Å². The Kier molecular flexibility index (Phi) is 9.33. The fraction of sp³-hybridized carbons (Fsp3) is 0.286. The lowest BCUT2D eigenvalue weighted by Gasteiger charge is -2.35. The van der Waals surface area contributed by atoms with Crippen molar-refractivity contribution in [3.05, 3.63) is 95.6 Å². The Hall–Kier alpha value is -4.22. The first-order chi connectivity index (χ1) is 18.7. The monoisotopic (exact) mass is 570 g/mol. The van der Waals surface area contributed by atoms with Gasteiger partial charge < -0.3 is 18.9 Å². The molecule has 0 aliphatic heterocycles. The van der Waals surface area contributed by atoms with Crippen LogP contribution in [0.5, 0.6) is 11.5 Å². The van der Waals surface area contributed by atoms with Crippen molar-refractivity contribution in [1.82, 2.24) is 0 Å². The molecule has 6 nitrogen and oxygen atoms in total. The largest absolute Gasteiger partial charge is 0.490 e. The lowest BCUT2D eigenvalue weighted by Crippen LogP contribution is -2.50. The Bertz CT molecular complexity index is 1290. The van der Waals surface area contributed by atoms with Gasteiger partial charge in [-0.05, 0) is 55.3 Å². The SMILES string of the molecule is CCOC(=O)C(C)(Oc1cccc(C(F)(F)F)c1)C(OC(=O)C(F)(F)F)c1ccc(OCc2ccccc2)cc1. The highest BCUT2D eigenvalue weighted by Gasteiger charge is 2.52. The summed E-state index contributed by atoms with van der Waals surface area (Å²) in [6, 6.07) is 17.6. The van der Waals surface area contributed by atoms with Gasteiger partial charge >= 0.3 is 24.3 Å².